The van der Waals surface area contributed by atoms with E-state index in [0.29, 0.717) is 23.0 Å². The Balaban J connectivity index is 0.990. The second-order valence-electron chi connectivity index (χ2n) is 14.8. The van der Waals surface area contributed by atoms with Gasteiger partial charge in [-0.25, -0.2) is 15.0 Å². The lowest BCUT2D eigenvalue weighted by atomic mass is 9.90. The second-order valence-corrected chi connectivity index (χ2v) is 14.8. The zero-order valence-corrected chi connectivity index (χ0v) is 32.2. The van der Waals surface area contributed by atoms with Crippen LogP contribution in [0.3, 0.4) is 0 Å². The Morgan fingerprint density at radius 1 is 0.333 bits per heavy atom. The standard InChI is InChI=1S/C54H32N6/c55-33-34-18-20-35(21-19-34)46-31-48-45-17-9-27-57-51(45)47(32-49(48)44-16-8-26-56-50(44)46)42-25-24-40-28-39(22-23-41(40)29-42)38-14-7-15-43(30-38)54-59-52(36-10-3-1-4-11-36)58-53(60-54)37-12-5-2-6-13-37/h1-32H. The van der Waals surface area contributed by atoms with Gasteiger partial charge in [-0.2, -0.15) is 5.26 Å². The van der Waals surface area contributed by atoms with Gasteiger partial charge >= 0.3 is 0 Å². The summed E-state index contributed by atoms with van der Waals surface area (Å²) in [6, 6.07) is 64.5. The van der Waals surface area contributed by atoms with Crippen LogP contribution in [0.15, 0.2) is 194 Å². The fourth-order valence-electron chi connectivity index (χ4n) is 8.23. The summed E-state index contributed by atoms with van der Waals surface area (Å²) in [6.07, 6.45) is 3.71. The predicted octanol–water partition coefficient (Wildman–Crippen LogP) is 13.1. The Morgan fingerprint density at radius 3 is 1.38 bits per heavy atom. The summed E-state index contributed by atoms with van der Waals surface area (Å²) in [5.41, 5.74) is 11.7. The van der Waals surface area contributed by atoms with E-state index >= 15 is 0 Å². The Bertz CT molecular complexity index is 3430. The van der Waals surface area contributed by atoms with Crippen molar-refractivity contribution < 1.29 is 0 Å². The minimum atomic E-state index is 0.625. The first kappa shape index (κ1) is 34.8. The van der Waals surface area contributed by atoms with E-state index in [1.165, 1.54) is 0 Å². The SMILES string of the molecule is N#Cc1ccc(-c2cc3c4cccnc4c(-c4ccc5cc(-c6cccc(-c7nc(-c8ccccc8)nc(-c8ccccc8)n7)c6)ccc5c4)cc3c3cccnc23)cc1. The van der Waals surface area contributed by atoms with E-state index in [1.54, 1.807) is 0 Å². The molecule has 0 saturated carbocycles. The van der Waals surface area contributed by atoms with E-state index in [0.717, 1.165) is 93.4 Å². The first-order valence-electron chi connectivity index (χ1n) is 19.8. The van der Waals surface area contributed by atoms with Crippen LogP contribution in [0, 0.1) is 11.3 Å². The molecule has 0 saturated heterocycles. The number of hydrogen-bond donors (Lipinski definition) is 0. The van der Waals surface area contributed by atoms with Gasteiger partial charge in [0.15, 0.2) is 17.5 Å². The molecule has 0 bridgehead atoms. The van der Waals surface area contributed by atoms with Crippen LogP contribution in [0.4, 0.5) is 0 Å². The Labute approximate surface area is 345 Å². The molecule has 0 spiro atoms. The Hall–Kier alpha value is -8.40. The van der Waals surface area contributed by atoms with Crippen LogP contribution in [0.5, 0.6) is 0 Å². The maximum Gasteiger partial charge on any atom is 0.164 e. The van der Waals surface area contributed by atoms with Crippen LogP contribution in [0.2, 0.25) is 0 Å². The van der Waals surface area contributed by atoms with Gasteiger partial charge in [-0.3, -0.25) is 9.97 Å². The number of pyridine rings is 2. The molecule has 278 valence electrons. The first-order chi connectivity index (χ1) is 29.7. The summed E-state index contributed by atoms with van der Waals surface area (Å²) in [6.45, 7) is 0. The van der Waals surface area contributed by atoms with E-state index in [-0.39, 0.29) is 0 Å². The molecular weight excluding hydrogens is 733 g/mol. The van der Waals surface area contributed by atoms with Gasteiger partial charge in [-0.1, -0.05) is 127 Å². The summed E-state index contributed by atoms with van der Waals surface area (Å²) in [5, 5.41) is 16.1. The van der Waals surface area contributed by atoms with Gasteiger partial charge < -0.3 is 0 Å². The topological polar surface area (TPSA) is 88.2 Å². The third-order valence-electron chi connectivity index (χ3n) is 11.2. The van der Waals surface area contributed by atoms with Crippen molar-refractivity contribution in [1.29, 1.82) is 5.26 Å². The quantitative estimate of drug-likeness (QED) is 0.157. The van der Waals surface area contributed by atoms with Gasteiger partial charge in [0, 0.05) is 51.0 Å². The molecule has 6 heteroatoms. The van der Waals surface area contributed by atoms with Crippen LogP contribution < -0.4 is 0 Å². The van der Waals surface area contributed by atoms with E-state index in [4.69, 9.17) is 24.9 Å². The van der Waals surface area contributed by atoms with E-state index in [2.05, 4.69) is 91.0 Å². The predicted molar refractivity (Wildman–Crippen MR) is 243 cm³/mol. The number of nitriles is 1. The number of aromatic nitrogens is 5. The molecular formula is C54H32N6. The fraction of sp³-hybridized carbons (Fsp3) is 0. The minimum absolute atomic E-state index is 0.625. The number of hydrogen-bond acceptors (Lipinski definition) is 6. The lowest BCUT2D eigenvalue weighted by Crippen LogP contribution is -2.00. The molecule has 6 nitrogen and oxygen atoms in total. The van der Waals surface area contributed by atoms with Gasteiger partial charge in [-0.05, 0) is 98.4 Å². The molecule has 0 aliphatic heterocycles. The monoisotopic (exact) mass is 764 g/mol. The maximum absolute atomic E-state index is 9.41. The van der Waals surface area contributed by atoms with E-state index in [1.807, 2.05) is 109 Å². The van der Waals surface area contributed by atoms with Crippen molar-refractivity contribution in [3.05, 3.63) is 200 Å². The average molecular weight is 765 g/mol. The van der Waals surface area contributed by atoms with Crippen molar-refractivity contribution in [3.63, 3.8) is 0 Å². The summed E-state index contributed by atoms with van der Waals surface area (Å²) >= 11 is 0. The average Bonchev–Trinajstić information content (AvgIpc) is 3.33. The lowest BCUT2D eigenvalue weighted by molar-refractivity contribution is 1.07. The largest absolute Gasteiger partial charge is 0.256 e. The zero-order chi connectivity index (χ0) is 40.0. The summed E-state index contributed by atoms with van der Waals surface area (Å²) in [7, 11) is 0. The molecule has 0 unspecified atom stereocenters. The lowest BCUT2D eigenvalue weighted by Gasteiger charge is -2.15. The fourth-order valence-corrected chi connectivity index (χ4v) is 8.23. The van der Waals surface area contributed by atoms with Crippen LogP contribution in [0.1, 0.15) is 5.56 Å². The highest BCUT2D eigenvalue weighted by atomic mass is 15.0. The number of fused-ring (bicyclic) bond motifs is 6. The van der Waals surface area contributed by atoms with Gasteiger partial charge in [-0.15, -0.1) is 0 Å². The van der Waals surface area contributed by atoms with E-state index in [9.17, 15) is 5.26 Å². The molecule has 3 heterocycles. The smallest absolute Gasteiger partial charge is 0.164 e. The van der Waals surface area contributed by atoms with Crippen molar-refractivity contribution in [3.8, 4) is 73.6 Å². The van der Waals surface area contributed by atoms with Crippen LogP contribution in [0.25, 0.3) is 111 Å². The molecule has 0 aliphatic rings. The minimum Gasteiger partial charge on any atom is -0.256 e. The van der Waals surface area contributed by atoms with Crippen LogP contribution >= 0.6 is 0 Å². The molecule has 0 aliphatic carbocycles. The normalized spacial score (nSPS) is 11.3. The van der Waals surface area contributed by atoms with Gasteiger partial charge in [0.25, 0.3) is 0 Å². The Kier molecular flexibility index (Phi) is 8.42. The summed E-state index contributed by atoms with van der Waals surface area (Å²) < 4.78 is 0. The Morgan fingerprint density at radius 2 is 0.800 bits per heavy atom. The van der Waals surface area contributed by atoms with Crippen LogP contribution in [-0.2, 0) is 0 Å². The number of nitrogens with zero attached hydrogens (tertiary/aromatic N) is 6. The molecule has 0 fully saturated rings. The first-order valence-corrected chi connectivity index (χ1v) is 19.8. The second kappa shape index (κ2) is 14.5. The summed E-state index contributed by atoms with van der Waals surface area (Å²) in [5.74, 6) is 1.90. The van der Waals surface area contributed by atoms with Gasteiger partial charge in [0.05, 0.1) is 22.7 Å². The van der Waals surface area contributed by atoms with E-state index < -0.39 is 0 Å². The molecule has 11 aromatic rings. The molecule has 3 aromatic heterocycles. The number of benzene rings is 8. The van der Waals surface area contributed by atoms with Crippen molar-refractivity contribution in [2.24, 2.45) is 0 Å². The summed E-state index contributed by atoms with van der Waals surface area (Å²) in [4.78, 5) is 24.6. The van der Waals surface area contributed by atoms with Crippen molar-refractivity contribution >= 4 is 43.4 Å². The van der Waals surface area contributed by atoms with Crippen LogP contribution in [-0.4, -0.2) is 24.9 Å². The molecule has 11 rings (SSSR count). The highest BCUT2D eigenvalue weighted by Gasteiger charge is 2.17. The molecule has 0 radical (unpaired) electrons. The van der Waals surface area contributed by atoms with Crippen molar-refractivity contribution in [2.45, 2.75) is 0 Å². The molecule has 8 aromatic carbocycles. The number of rotatable bonds is 6. The third kappa shape index (κ3) is 6.19. The zero-order valence-electron chi connectivity index (χ0n) is 32.2. The third-order valence-corrected chi connectivity index (χ3v) is 11.2. The molecule has 0 amide bonds. The molecule has 0 N–H and O–H groups in total. The van der Waals surface area contributed by atoms with Gasteiger partial charge in [0.1, 0.15) is 0 Å². The highest BCUT2D eigenvalue weighted by Crippen LogP contribution is 2.41. The molecule has 0 atom stereocenters. The highest BCUT2D eigenvalue weighted by molar-refractivity contribution is 6.22. The maximum atomic E-state index is 9.41. The van der Waals surface area contributed by atoms with Crippen molar-refractivity contribution in [1.82, 2.24) is 24.9 Å². The molecule has 60 heavy (non-hydrogen) atoms. The van der Waals surface area contributed by atoms with Gasteiger partial charge in [0.2, 0.25) is 0 Å². The van der Waals surface area contributed by atoms with Crippen molar-refractivity contribution in [2.75, 3.05) is 0 Å².